The molecule has 12 atom stereocenters. The van der Waals surface area contributed by atoms with Gasteiger partial charge in [0.15, 0.2) is 11.6 Å². The van der Waals surface area contributed by atoms with E-state index in [-0.39, 0.29) is 10.8 Å². The van der Waals surface area contributed by atoms with Crippen LogP contribution in [0, 0.1) is 81.9 Å². The van der Waals surface area contributed by atoms with Crippen LogP contribution in [-0.2, 0) is 9.59 Å². The molecule has 4 heteroatoms. The summed E-state index contributed by atoms with van der Waals surface area (Å²) in [6, 6.07) is 0. The summed E-state index contributed by atoms with van der Waals surface area (Å²) in [7, 11) is 0. The lowest BCUT2D eigenvalue weighted by Gasteiger charge is -2.54. The average molecular weight is 595 g/mol. The van der Waals surface area contributed by atoms with E-state index in [1.165, 1.54) is 11.1 Å². The van der Waals surface area contributed by atoms with Gasteiger partial charge in [-0.15, -0.1) is 0 Å². The second kappa shape index (κ2) is 10.2. The van der Waals surface area contributed by atoms with Crippen LogP contribution < -0.4 is 0 Å². The fourth-order valence-corrected chi connectivity index (χ4v) is 13.1. The molecule has 0 spiro atoms. The molecule has 0 bridgehead atoms. The highest BCUT2D eigenvalue weighted by Gasteiger charge is 2.63. The lowest BCUT2D eigenvalue weighted by atomic mass is 9.50. The summed E-state index contributed by atoms with van der Waals surface area (Å²) < 4.78 is 0. The van der Waals surface area contributed by atoms with E-state index in [0.717, 1.165) is 77.0 Å². The van der Waals surface area contributed by atoms with Gasteiger partial charge in [-0.1, -0.05) is 36.8 Å². The van der Waals surface area contributed by atoms with Crippen LogP contribution in [0.2, 0.25) is 0 Å². The molecule has 8 aliphatic rings. The lowest BCUT2D eigenvalue weighted by molar-refractivity contribution is -0.117. The Kier molecular flexibility index (Phi) is 6.77. The second-order valence-corrected chi connectivity index (χ2v) is 16.8. The van der Waals surface area contributed by atoms with Crippen molar-refractivity contribution in [1.82, 2.24) is 0 Å². The van der Waals surface area contributed by atoms with Gasteiger partial charge in [0.25, 0.3) is 0 Å². The molecule has 0 radical (unpaired) electrons. The van der Waals surface area contributed by atoms with Crippen molar-refractivity contribution < 1.29 is 19.8 Å². The molecule has 44 heavy (non-hydrogen) atoms. The fraction of sp³-hybridized carbons (Fsp3) is 0.750. The van der Waals surface area contributed by atoms with E-state index in [9.17, 15) is 19.8 Å². The Balaban J connectivity index is 0.987. The number of carbonyl (C=O) groups is 2. The minimum absolute atomic E-state index is 0.230. The number of hydrogen-bond donors (Lipinski definition) is 2. The van der Waals surface area contributed by atoms with Crippen LogP contribution in [0.1, 0.15) is 117 Å². The molecule has 4 nitrogen and oxygen atoms in total. The molecular weight excluding hydrogens is 544 g/mol. The molecule has 8 aliphatic carbocycles. The Bertz CT molecular complexity index is 1350. The van der Waals surface area contributed by atoms with Crippen molar-refractivity contribution in [3.8, 4) is 23.7 Å². The largest absolute Gasteiger partial charge is 0.377 e. The second-order valence-electron chi connectivity index (χ2n) is 16.8. The molecule has 0 aromatic rings. The standard InChI is InChI=1S/C40H50O4/c1-37-19-13-31-29-11-7-27(41)23-25(29)5-9-33(31)35(37)15-21-39(37,43)17-3-4-18-40(44)22-16-36-34-10-6-26-24-28(42)8-12-30(26)32(34)14-20-38(36,40)2/h23-24,29-36,43-44H,5-16,19-22H2,1-2H3/t29-,30-,31+,32+,33+,34+,35-,36-,37-,38-,39-,40-/m0/s1. The Morgan fingerprint density at radius 2 is 1.00 bits per heavy atom. The van der Waals surface area contributed by atoms with E-state index in [1.807, 2.05) is 12.2 Å². The first-order valence-corrected chi connectivity index (χ1v) is 18.0. The van der Waals surface area contributed by atoms with Crippen LogP contribution in [0.15, 0.2) is 23.3 Å². The van der Waals surface area contributed by atoms with Gasteiger partial charge in [0.2, 0.25) is 0 Å². The predicted molar refractivity (Wildman–Crippen MR) is 170 cm³/mol. The van der Waals surface area contributed by atoms with Gasteiger partial charge in [0, 0.05) is 23.7 Å². The Morgan fingerprint density at radius 3 is 1.43 bits per heavy atom. The van der Waals surface area contributed by atoms with Crippen LogP contribution >= 0.6 is 0 Å². The zero-order valence-corrected chi connectivity index (χ0v) is 26.8. The number of rotatable bonds is 0. The van der Waals surface area contributed by atoms with E-state index in [1.54, 1.807) is 0 Å². The van der Waals surface area contributed by atoms with Crippen molar-refractivity contribution in [1.29, 1.82) is 0 Å². The highest BCUT2D eigenvalue weighted by molar-refractivity contribution is 5.91. The summed E-state index contributed by atoms with van der Waals surface area (Å²) in [5.74, 6) is 18.0. The lowest BCUT2D eigenvalue weighted by Crippen LogP contribution is -2.52. The maximum absolute atomic E-state index is 12.1. The number of ketones is 2. The number of carbonyl (C=O) groups excluding carboxylic acids is 2. The van der Waals surface area contributed by atoms with Crippen molar-refractivity contribution in [2.24, 2.45) is 58.2 Å². The minimum Gasteiger partial charge on any atom is -0.377 e. The molecule has 234 valence electrons. The van der Waals surface area contributed by atoms with E-state index in [0.29, 0.717) is 84.6 Å². The molecule has 0 saturated heterocycles. The van der Waals surface area contributed by atoms with Crippen molar-refractivity contribution in [3.05, 3.63) is 23.3 Å². The van der Waals surface area contributed by atoms with Crippen LogP contribution in [0.3, 0.4) is 0 Å². The Labute approximate surface area is 263 Å². The fourth-order valence-electron chi connectivity index (χ4n) is 13.1. The van der Waals surface area contributed by atoms with Gasteiger partial charge in [-0.3, -0.25) is 9.59 Å². The molecule has 0 aliphatic heterocycles. The van der Waals surface area contributed by atoms with Gasteiger partial charge >= 0.3 is 0 Å². The average Bonchev–Trinajstić information content (AvgIpc) is 3.44. The van der Waals surface area contributed by atoms with E-state index < -0.39 is 11.2 Å². The zero-order valence-electron chi connectivity index (χ0n) is 26.8. The molecular formula is C40H50O4. The Morgan fingerprint density at radius 1 is 0.568 bits per heavy atom. The summed E-state index contributed by atoms with van der Waals surface area (Å²) in [4.78, 5) is 24.1. The quantitative estimate of drug-likeness (QED) is 0.305. The third kappa shape index (κ3) is 4.12. The van der Waals surface area contributed by atoms with Crippen LogP contribution in [-0.4, -0.2) is 33.0 Å². The number of hydrogen-bond acceptors (Lipinski definition) is 4. The predicted octanol–water partition coefficient (Wildman–Crippen LogP) is 6.74. The van der Waals surface area contributed by atoms with Crippen molar-refractivity contribution in [3.63, 3.8) is 0 Å². The minimum atomic E-state index is -1.03. The van der Waals surface area contributed by atoms with E-state index >= 15 is 0 Å². The molecule has 6 saturated carbocycles. The van der Waals surface area contributed by atoms with Crippen molar-refractivity contribution >= 4 is 11.6 Å². The molecule has 0 aromatic heterocycles. The smallest absolute Gasteiger partial charge is 0.155 e. The molecule has 8 rings (SSSR count). The first-order chi connectivity index (χ1) is 21.1. The zero-order chi connectivity index (χ0) is 30.5. The third-order valence-corrected chi connectivity index (χ3v) is 15.5. The molecule has 0 heterocycles. The van der Waals surface area contributed by atoms with E-state index in [2.05, 4.69) is 37.5 Å². The molecule has 0 aromatic carbocycles. The highest BCUT2D eigenvalue weighted by atomic mass is 16.3. The first kappa shape index (κ1) is 29.3. The summed E-state index contributed by atoms with van der Waals surface area (Å²) >= 11 is 0. The topological polar surface area (TPSA) is 74.6 Å². The first-order valence-electron chi connectivity index (χ1n) is 18.0. The molecule has 2 N–H and O–H groups in total. The number of fused-ring (bicyclic) bond motifs is 10. The van der Waals surface area contributed by atoms with Gasteiger partial charge in [-0.05, 0) is 161 Å². The monoisotopic (exact) mass is 594 g/mol. The normalized spacial score (nSPS) is 50.5. The van der Waals surface area contributed by atoms with Gasteiger partial charge in [0.1, 0.15) is 11.2 Å². The summed E-state index contributed by atoms with van der Waals surface area (Å²) in [5, 5.41) is 24.1. The summed E-state index contributed by atoms with van der Waals surface area (Å²) in [5.41, 5.74) is 0.276. The van der Waals surface area contributed by atoms with Gasteiger partial charge < -0.3 is 10.2 Å². The SMILES string of the molecule is C[C@]12CC[C@H]3[C@@H](CCC4=CC(=O)CC[C@@H]43)[C@@H]1CC[C@@]2(O)C#CC#C[C@]1(O)CC[C@H]2[C@@H]3CCC4=CC(=O)CC[C@@H]4[C@H]3CC[C@@]21C. The summed E-state index contributed by atoms with van der Waals surface area (Å²) in [6.45, 7) is 4.56. The maximum atomic E-state index is 12.1. The third-order valence-electron chi connectivity index (χ3n) is 15.5. The molecule has 0 amide bonds. The van der Waals surface area contributed by atoms with E-state index in [4.69, 9.17) is 0 Å². The van der Waals surface area contributed by atoms with Gasteiger partial charge in [-0.2, -0.15) is 0 Å². The highest BCUT2D eigenvalue weighted by Crippen LogP contribution is 2.66. The van der Waals surface area contributed by atoms with Crippen LogP contribution in [0.5, 0.6) is 0 Å². The number of allylic oxidation sites excluding steroid dienone is 2. The van der Waals surface area contributed by atoms with Crippen molar-refractivity contribution in [2.45, 2.75) is 128 Å². The Hall–Kier alpha value is -2.14. The van der Waals surface area contributed by atoms with Crippen LogP contribution in [0.25, 0.3) is 0 Å². The van der Waals surface area contributed by atoms with Gasteiger partial charge in [0.05, 0.1) is 0 Å². The van der Waals surface area contributed by atoms with Gasteiger partial charge in [-0.25, -0.2) is 0 Å². The molecule has 6 fully saturated rings. The molecule has 0 unspecified atom stereocenters. The summed E-state index contributed by atoms with van der Waals surface area (Å²) in [6.07, 6.45) is 19.3. The van der Waals surface area contributed by atoms with Crippen molar-refractivity contribution in [2.75, 3.05) is 0 Å². The van der Waals surface area contributed by atoms with Crippen LogP contribution in [0.4, 0.5) is 0 Å². The maximum Gasteiger partial charge on any atom is 0.155 e. The number of aliphatic hydroxyl groups is 2.